The summed E-state index contributed by atoms with van der Waals surface area (Å²) in [5.41, 5.74) is 1.41. The number of carbonyl (C=O) groups is 1. The van der Waals surface area contributed by atoms with Crippen LogP contribution in [0.2, 0.25) is 0 Å². The van der Waals surface area contributed by atoms with E-state index in [-0.39, 0.29) is 5.91 Å². The largest absolute Gasteiger partial charge is 0.497 e. The van der Waals surface area contributed by atoms with Gasteiger partial charge >= 0.3 is 0 Å². The van der Waals surface area contributed by atoms with Crippen molar-refractivity contribution in [2.45, 2.75) is 6.54 Å². The van der Waals surface area contributed by atoms with Crippen LogP contribution >= 0.6 is 15.9 Å². The van der Waals surface area contributed by atoms with Gasteiger partial charge in [-0.25, -0.2) is 0 Å². The summed E-state index contributed by atoms with van der Waals surface area (Å²) in [5.74, 6) is 0.998. The Morgan fingerprint density at radius 3 is 2.64 bits per heavy atom. The van der Waals surface area contributed by atoms with Crippen LogP contribution in [0.4, 0.5) is 0 Å². The normalized spacial score (nSPS) is 10.4. The quantitative estimate of drug-likeness (QED) is 0.814. The second-order valence-electron chi connectivity index (χ2n) is 4.79. The first-order valence-corrected chi connectivity index (χ1v) is 7.41. The van der Waals surface area contributed by atoms with Crippen molar-refractivity contribution < 1.29 is 14.3 Å². The lowest BCUT2D eigenvalue weighted by Gasteiger charge is -2.19. The summed E-state index contributed by atoms with van der Waals surface area (Å²) in [7, 11) is 6.68. The predicted octanol–water partition coefficient (Wildman–Crippen LogP) is 2.47. The first-order valence-electron chi connectivity index (χ1n) is 6.61. The van der Waals surface area contributed by atoms with Crippen molar-refractivity contribution in [2.75, 3.05) is 21.3 Å². The van der Waals surface area contributed by atoms with Gasteiger partial charge in [-0.05, 0) is 28.1 Å². The molecule has 0 saturated carbocycles. The minimum Gasteiger partial charge on any atom is -0.497 e. The fourth-order valence-electron chi connectivity index (χ4n) is 2.09. The van der Waals surface area contributed by atoms with Gasteiger partial charge in [0.2, 0.25) is 0 Å². The first-order chi connectivity index (χ1) is 10.5. The van der Waals surface area contributed by atoms with Crippen LogP contribution in [0.1, 0.15) is 16.1 Å². The van der Waals surface area contributed by atoms with Gasteiger partial charge in [-0.2, -0.15) is 5.10 Å². The molecule has 0 N–H and O–H groups in total. The molecule has 0 aliphatic rings. The third-order valence-electron chi connectivity index (χ3n) is 3.38. The average molecular weight is 368 g/mol. The number of hydrogen-bond acceptors (Lipinski definition) is 4. The number of rotatable bonds is 5. The Morgan fingerprint density at radius 1 is 1.36 bits per heavy atom. The SMILES string of the molecule is COc1ccc(C(=O)N(C)Cc2c(Br)cnn2C)c(OC)c1. The molecule has 0 unspecified atom stereocenters. The maximum Gasteiger partial charge on any atom is 0.257 e. The van der Waals surface area contributed by atoms with Gasteiger partial charge < -0.3 is 14.4 Å². The number of hydrogen-bond donors (Lipinski definition) is 0. The monoisotopic (exact) mass is 367 g/mol. The fraction of sp³-hybridized carbons (Fsp3) is 0.333. The maximum atomic E-state index is 12.6. The molecule has 2 aromatic rings. The topological polar surface area (TPSA) is 56.6 Å². The molecule has 118 valence electrons. The molecule has 0 aliphatic carbocycles. The van der Waals surface area contributed by atoms with Crippen LogP contribution in [0.3, 0.4) is 0 Å². The molecular weight excluding hydrogens is 350 g/mol. The Labute approximate surface area is 137 Å². The molecule has 0 fully saturated rings. The Bertz CT molecular complexity index is 665. The molecule has 1 aromatic carbocycles. The zero-order valence-electron chi connectivity index (χ0n) is 13.0. The van der Waals surface area contributed by atoms with E-state index in [1.807, 2.05) is 7.05 Å². The lowest BCUT2D eigenvalue weighted by atomic mass is 10.1. The molecule has 1 amide bonds. The summed E-state index contributed by atoms with van der Waals surface area (Å²) in [5, 5.41) is 4.15. The van der Waals surface area contributed by atoms with Crippen LogP contribution in [0.5, 0.6) is 11.5 Å². The highest BCUT2D eigenvalue weighted by molar-refractivity contribution is 9.10. The standard InChI is InChI=1S/C15H18BrN3O3/c1-18(9-13-12(16)8-17-19(13)2)15(20)11-6-5-10(21-3)7-14(11)22-4/h5-8H,9H2,1-4H3. The summed E-state index contributed by atoms with van der Waals surface area (Å²) in [6, 6.07) is 5.14. The highest BCUT2D eigenvalue weighted by Crippen LogP contribution is 2.26. The molecule has 0 spiro atoms. The van der Waals surface area contributed by atoms with Crippen LogP contribution in [0.15, 0.2) is 28.9 Å². The summed E-state index contributed by atoms with van der Waals surface area (Å²) in [4.78, 5) is 14.3. The van der Waals surface area contributed by atoms with Crippen molar-refractivity contribution >= 4 is 21.8 Å². The van der Waals surface area contributed by atoms with Crippen molar-refractivity contribution in [3.8, 4) is 11.5 Å². The first kappa shape index (κ1) is 16.4. The van der Waals surface area contributed by atoms with E-state index in [0.717, 1.165) is 10.2 Å². The van der Waals surface area contributed by atoms with Crippen LogP contribution in [0, 0.1) is 0 Å². The van der Waals surface area contributed by atoms with Crippen LogP contribution < -0.4 is 9.47 Å². The minimum absolute atomic E-state index is 0.132. The van der Waals surface area contributed by atoms with Crippen molar-refractivity contribution in [1.82, 2.24) is 14.7 Å². The molecule has 22 heavy (non-hydrogen) atoms. The summed E-state index contributed by atoms with van der Waals surface area (Å²) >= 11 is 3.44. The zero-order chi connectivity index (χ0) is 16.3. The fourth-order valence-corrected chi connectivity index (χ4v) is 2.56. The van der Waals surface area contributed by atoms with E-state index in [2.05, 4.69) is 21.0 Å². The summed E-state index contributed by atoms with van der Waals surface area (Å²) < 4.78 is 13.0. The number of ether oxygens (including phenoxy) is 2. The molecule has 6 nitrogen and oxygen atoms in total. The smallest absolute Gasteiger partial charge is 0.257 e. The lowest BCUT2D eigenvalue weighted by molar-refractivity contribution is 0.0778. The van der Waals surface area contributed by atoms with Crippen LogP contribution in [-0.4, -0.2) is 41.9 Å². The van der Waals surface area contributed by atoms with Gasteiger partial charge in [0.15, 0.2) is 0 Å². The van der Waals surface area contributed by atoms with E-state index in [1.54, 1.807) is 48.1 Å². The third-order valence-corrected chi connectivity index (χ3v) is 4.05. The van der Waals surface area contributed by atoms with Crippen molar-refractivity contribution in [1.29, 1.82) is 0 Å². The second kappa shape index (κ2) is 6.83. The highest BCUT2D eigenvalue weighted by atomic mass is 79.9. The van der Waals surface area contributed by atoms with Gasteiger partial charge in [0.1, 0.15) is 11.5 Å². The Hall–Kier alpha value is -2.02. The number of nitrogens with zero attached hydrogens (tertiary/aromatic N) is 3. The van der Waals surface area contributed by atoms with E-state index < -0.39 is 0 Å². The Kier molecular flexibility index (Phi) is 5.07. The van der Waals surface area contributed by atoms with E-state index in [1.165, 1.54) is 7.11 Å². The van der Waals surface area contributed by atoms with Crippen LogP contribution in [-0.2, 0) is 13.6 Å². The molecule has 0 bridgehead atoms. The van der Waals surface area contributed by atoms with E-state index in [9.17, 15) is 4.79 Å². The van der Waals surface area contributed by atoms with Gasteiger partial charge in [-0.3, -0.25) is 9.48 Å². The van der Waals surface area contributed by atoms with Gasteiger partial charge in [-0.15, -0.1) is 0 Å². The third kappa shape index (κ3) is 3.24. The summed E-state index contributed by atoms with van der Waals surface area (Å²) in [6.07, 6.45) is 1.71. The minimum atomic E-state index is -0.132. The molecule has 7 heteroatoms. The number of amides is 1. The Balaban J connectivity index is 2.24. The number of benzene rings is 1. The average Bonchev–Trinajstić information content (AvgIpc) is 2.85. The number of methoxy groups -OCH3 is 2. The lowest BCUT2D eigenvalue weighted by Crippen LogP contribution is -2.27. The molecule has 0 saturated heterocycles. The molecule has 0 atom stereocenters. The van der Waals surface area contributed by atoms with Crippen molar-refractivity contribution in [3.63, 3.8) is 0 Å². The zero-order valence-corrected chi connectivity index (χ0v) is 14.5. The molecule has 0 aliphatic heterocycles. The van der Waals surface area contributed by atoms with Gasteiger partial charge in [0.05, 0.1) is 42.7 Å². The van der Waals surface area contributed by atoms with Gasteiger partial charge in [0, 0.05) is 20.2 Å². The van der Waals surface area contributed by atoms with Crippen molar-refractivity contribution in [2.24, 2.45) is 7.05 Å². The van der Waals surface area contributed by atoms with E-state index in [4.69, 9.17) is 9.47 Å². The highest BCUT2D eigenvalue weighted by Gasteiger charge is 2.19. The Morgan fingerprint density at radius 2 is 2.09 bits per heavy atom. The second-order valence-corrected chi connectivity index (χ2v) is 5.64. The predicted molar refractivity (Wildman–Crippen MR) is 86.3 cm³/mol. The molecule has 1 heterocycles. The molecular formula is C15H18BrN3O3. The number of carbonyl (C=O) groups excluding carboxylic acids is 1. The molecule has 0 radical (unpaired) electrons. The van der Waals surface area contributed by atoms with Gasteiger partial charge in [-0.1, -0.05) is 0 Å². The summed E-state index contributed by atoms with van der Waals surface area (Å²) in [6.45, 7) is 0.436. The maximum absolute atomic E-state index is 12.6. The number of halogens is 1. The number of aryl methyl sites for hydroxylation is 1. The molecule has 2 rings (SSSR count). The van der Waals surface area contributed by atoms with E-state index >= 15 is 0 Å². The van der Waals surface area contributed by atoms with Crippen molar-refractivity contribution in [3.05, 3.63) is 40.1 Å². The number of aromatic nitrogens is 2. The van der Waals surface area contributed by atoms with E-state index in [0.29, 0.717) is 23.6 Å². The van der Waals surface area contributed by atoms with Crippen LogP contribution in [0.25, 0.3) is 0 Å². The van der Waals surface area contributed by atoms with Gasteiger partial charge in [0.25, 0.3) is 5.91 Å². The molecule has 1 aromatic heterocycles.